The van der Waals surface area contributed by atoms with Gasteiger partial charge in [-0.25, -0.2) is 14.7 Å². The summed E-state index contributed by atoms with van der Waals surface area (Å²) < 4.78 is 10.6. The third-order valence-electron chi connectivity index (χ3n) is 6.17. The van der Waals surface area contributed by atoms with Gasteiger partial charge in [0, 0.05) is 36.1 Å². The van der Waals surface area contributed by atoms with Crippen LogP contribution in [0, 0.1) is 0 Å². The third-order valence-corrected chi connectivity index (χ3v) is 6.17. The number of nitrogens with zero attached hydrogens (tertiary/aromatic N) is 4. The van der Waals surface area contributed by atoms with Crippen LogP contribution in [0.5, 0.6) is 11.5 Å². The number of unbranched alkanes of at least 4 members (excludes halogenated alkanes) is 1. The lowest BCUT2D eigenvalue weighted by Crippen LogP contribution is -2.27. The van der Waals surface area contributed by atoms with E-state index in [4.69, 9.17) is 9.47 Å². The van der Waals surface area contributed by atoms with Crippen LogP contribution in [0.2, 0.25) is 0 Å². The Labute approximate surface area is 228 Å². The highest BCUT2D eigenvalue weighted by molar-refractivity contribution is 5.96. The van der Waals surface area contributed by atoms with Gasteiger partial charge in [0.15, 0.2) is 0 Å². The summed E-state index contributed by atoms with van der Waals surface area (Å²) in [5.74, 6) is 1.02. The largest absolute Gasteiger partial charge is 0.497 e. The van der Waals surface area contributed by atoms with Gasteiger partial charge >= 0.3 is 6.09 Å². The van der Waals surface area contributed by atoms with E-state index in [1.165, 1.54) is 26.5 Å². The summed E-state index contributed by atoms with van der Waals surface area (Å²) in [7, 11) is 2.96. The van der Waals surface area contributed by atoms with Crippen molar-refractivity contribution in [3.63, 3.8) is 0 Å². The van der Waals surface area contributed by atoms with Crippen LogP contribution < -0.4 is 25.0 Å². The zero-order chi connectivity index (χ0) is 28.2. The summed E-state index contributed by atoms with van der Waals surface area (Å²) in [5, 5.41) is 16.0. The molecule has 0 saturated heterocycles. The zero-order valence-corrected chi connectivity index (χ0v) is 22.8. The summed E-state index contributed by atoms with van der Waals surface area (Å²) >= 11 is 0. The van der Waals surface area contributed by atoms with Crippen LogP contribution in [-0.4, -0.2) is 72.4 Å². The molecule has 11 heteroatoms. The van der Waals surface area contributed by atoms with Crippen molar-refractivity contribution in [3.8, 4) is 11.5 Å². The predicted molar refractivity (Wildman–Crippen MR) is 151 cm³/mol. The number of carbonyl (C=O) groups is 2. The summed E-state index contributed by atoms with van der Waals surface area (Å²) in [6, 6.07) is 13.2. The lowest BCUT2D eigenvalue weighted by Gasteiger charge is -2.21. The van der Waals surface area contributed by atoms with E-state index in [0.717, 1.165) is 37.4 Å². The molecule has 3 rings (SSSR count). The zero-order valence-electron chi connectivity index (χ0n) is 22.8. The first kappa shape index (κ1) is 29.2. The van der Waals surface area contributed by atoms with Crippen LogP contribution in [0.25, 0.3) is 0 Å². The summed E-state index contributed by atoms with van der Waals surface area (Å²) in [4.78, 5) is 36.6. The quantitative estimate of drug-likeness (QED) is 0.246. The van der Waals surface area contributed by atoms with Crippen molar-refractivity contribution in [2.75, 3.05) is 50.6 Å². The van der Waals surface area contributed by atoms with Crippen LogP contribution in [0.15, 0.2) is 54.7 Å². The van der Waals surface area contributed by atoms with Crippen molar-refractivity contribution in [3.05, 3.63) is 60.3 Å². The van der Waals surface area contributed by atoms with Gasteiger partial charge in [-0.1, -0.05) is 13.8 Å². The number of hydrogen-bond donors (Lipinski definition) is 3. The molecule has 1 aromatic heterocycles. The number of amides is 2. The number of carbonyl (C=O) groups excluding carboxylic acids is 1. The minimum Gasteiger partial charge on any atom is -0.497 e. The number of methoxy groups -OCH3 is 2. The highest BCUT2D eigenvalue weighted by Gasteiger charge is 2.23. The fourth-order valence-electron chi connectivity index (χ4n) is 3.97. The number of aromatic nitrogens is 2. The SMILES string of the molecule is CCN(CC)CCCCNC(=O)c1ccc(Nc2nccc(N(C(=O)O)c3ccc(OC)cc3OC)n2)cc1. The van der Waals surface area contributed by atoms with Gasteiger partial charge in [-0.3, -0.25) is 4.79 Å². The van der Waals surface area contributed by atoms with E-state index in [9.17, 15) is 14.7 Å². The molecule has 2 aromatic carbocycles. The van der Waals surface area contributed by atoms with E-state index in [1.807, 2.05) is 0 Å². The average molecular weight is 537 g/mol. The van der Waals surface area contributed by atoms with Gasteiger partial charge in [-0.2, -0.15) is 4.98 Å². The second-order valence-corrected chi connectivity index (χ2v) is 8.59. The van der Waals surface area contributed by atoms with Crippen LogP contribution in [0.1, 0.15) is 37.0 Å². The molecule has 0 aliphatic heterocycles. The average Bonchev–Trinajstić information content (AvgIpc) is 2.95. The van der Waals surface area contributed by atoms with E-state index < -0.39 is 6.09 Å². The van der Waals surface area contributed by atoms with Crippen LogP contribution in [0.4, 0.5) is 27.9 Å². The minimum absolute atomic E-state index is 0.125. The standard InChI is InChI=1S/C28H36N6O5/c1-5-33(6-2)18-8-7-16-29-26(35)20-9-11-21(12-10-20)31-27-30-17-15-25(32-27)34(28(36)37)23-14-13-22(38-3)19-24(23)39-4/h9-15,17,19H,5-8,16,18H2,1-4H3,(H,29,35)(H,36,37)(H,30,31,32). The molecule has 0 bridgehead atoms. The lowest BCUT2D eigenvalue weighted by atomic mass is 10.2. The molecular weight excluding hydrogens is 500 g/mol. The van der Waals surface area contributed by atoms with Crippen molar-refractivity contribution < 1.29 is 24.2 Å². The Kier molecular flexibility index (Phi) is 10.9. The van der Waals surface area contributed by atoms with Gasteiger partial charge in [0.1, 0.15) is 17.3 Å². The molecule has 0 radical (unpaired) electrons. The molecule has 0 saturated carbocycles. The first-order chi connectivity index (χ1) is 18.9. The summed E-state index contributed by atoms with van der Waals surface area (Å²) in [6.45, 7) is 8.03. The molecule has 3 aromatic rings. The minimum atomic E-state index is -1.24. The Hall–Kier alpha value is -4.38. The molecule has 39 heavy (non-hydrogen) atoms. The molecule has 0 unspecified atom stereocenters. The Morgan fingerprint density at radius 2 is 1.72 bits per heavy atom. The van der Waals surface area contributed by atoms with Crippen molar-refractivity contribution in [2.24, 2.45) is 0 Å². The maximum Gasteiger partial charge on any atom is 0.417 e. The van der Waals surface area contributed by atoms with E-state index in [2.05, 4.69) is 39.3 Å². The van der Waals surface area contributed by atoms with Crippen LogP contribution in [0.3, 0.4) is 0 Å². The van der Waals surface area contributed by atoms with Gasteiger partial charge < -0.3 is 30.1 Å². The topological polar surface area (TPSA) is 129 Å². The first-order valence-electron chi connectivity index (χ1n) is 12.9. The number of nitrogens with one attached hydrogen (secondary N) is 2. The summed E-state index contributed by atoms with van der Waals surface area (Å²) in [6.07, 6.45) is 2.17. The molecule has 0 spiro atoms. The molecule has 0 aliphatic rings. The van der Waals surface area contributed by atoms with Crippen LogP contribution >= 0.6 is 0 Å². The van der Waals surface area contributed by atoms with Crippen LogP contribution in [-0.2, 0) is 0 Å². The first-order valence-corrected chi connectivity index (χ1v) is 12.9. The number of ether oxygens (including phenoxy) is 2. The van der Waals surface area contributed by atoms with Gasteiger partial charge in [0.25, 0.3) is 5.91 Å². The molecule has 0 aliphatic carbocycles. The predicted octanol–water partition coefficient (Wildman–Crippen LogP) is 4.91. The number of rotatable bonds is 14. The van der Waals surface area contributed by atoms with E-state index in [-0.39, 0.29) is 23.4 Å². The van der Waals surface area contributed by atoms with Crippen molar-refractivity contribution in [1.82, 2.24) is 20.2 Å². The Balaban J connectivity index is 1.65. The lowest BCUT2D eigenvalue weighted by molar-refractivity contribution is 0.0952. The highest BCUT2D eigenvalue weighted by atomic mass is 16.5. The number of benzene rings is 2. The fourth-order valence-corrected chi connectivity index (χ4v) is 3.97. The molecule has 3 N–H and O–H groups in total. The molecule has 2 amide bonds. The van der Waals surface area contributed by atoms with Gasteiger partial charge in [0.2, 0.25) is 5.95 Å². The van der Waals surface area contributed by atoms with Crippen molar-refractivity contribution >= 4 is 35.1 Å². The van der Waals surface area contributed by atoms with Gasteiger partial charge in [-0.15, -0.1) is 0 Å². The molecule has 11 nitrogen and oxygen atoms in total. The number of hydrogen-bond acceptors (Lipinski definition) is 8. The third kappa shape index (κ3) is 8.05. The van der Waals surface area contributed by atoms with Crippen molar-refractivity contribution in [2.45, 2.75) is 26.7 Å². The normalized spacial score (nSPS) is 10.7. The second kappa shape index (κ2) is 14.5. The van der Waals surface area contributed by atoms with E-state index in [1.54, 1.807) is 42.5 Å². The van der Waals surface area contributed by atoms with Gasteiger partial charge in [0.05, 0.1) is 19.9 Å². The fraction of sp³-hybridized carbons (Fsp3) is 0.357. The number of carboxylic acid groups (broad SMARTS) is 1. The van der Waals surface area contributed by atoms with E-state index >= 15 is 0 Å². The molecule has 1 heterocycles. The second-order valence-electron chi connectivity index (χ2n) is 8.59. The Morgan fingerprint density at radius 3 is 2.36 bits per heavy atom. The number of anilines is 4. The Morgan fingerprint density at radius 1 is 0.974 bits per heavy atom. The highest BCUT2D eigenvalue weighted by Crippen LogP contribution is 2.36. The molecule has 0 atom stereocenters. The monoisotopic (exact) mass is 536 g/mol. The van der Waals surface area contributed by atoms with Crippen molar-refractivity contribution in [1.29, 1.82) is 0 Å². The maximum absolute atomic E-state index is 12.5. The summed E-state index contributed by atoms with van der Waals surface area (Å²) in [5.41, 5.74) is 1.47. The maximum atomic E-state index is 12.5. The van der Waals surface area contributed by atoms with E-state index in [0.29, 0.717) is 29.3 Å². The smallest absolute Gasteiger partial charge is 0.417 e. The molecule has 0 fully saturated rings. The molecule has 208 valence electrons. The van der Waals surface area contributed by atoms with Gasteiger partial charge in [-0.05, 0) is 68.9 Å². The Bertz CT molecular complexity index is 1230. The molecular formula is C28H36N6O5.